The van der Waals surface area contributed by atoms with Crippen molar-refractivity contribution in [1.29, 1.82) is 0 Å². The van der Waals surface area contributed by atoms with Gasteiger partial charge in [-0.1, -0.05) is 12.1 Å². The summed E-state index contributed by atoms with van der Waals surface area (Å²) in [6.45, 7) is 0. The van der Waals surface area contributed by atoms with Gasteiger partial charge in [0.1, 0.15) is 11.6 Å². The molecule has 0 amide bonds. The van der Waals surface area contributed by atoms with Crippen LogP contribution in [0, 0.1) is 0 Å². The van der Waals surface area contributed by atoms with E-state index in [0.717, 1.165) is 16.9 Å². The van der Waals surface area contributed by atoms with Crippen molar-refractivity contribution in [2.75, 3.05) is 12.8 Å². The largest absolute Gasteiger partial charge is 0.497 e. The molecular formula is C10H12ClN3O. The SMILES string of the molecule is COc1cccc(-c2cn[nH]c2N)c1.Cl. The van der Waals surface area contributed by atoms with Crippen molar-refractivity contribution in [2.45, 2.75) is 0 Å². The number of rotatable bonds is 2. The molecule has 0 spiro atoms. The van der Waals surface area contributed by atoms with Crippen LogP contribution in [-0.2, 0) is 0 Å². The van der Waals surface area contributed by atoms with Gasteiger partial charge in [-0.05, 0) is 17.7 Å². The van der Waals surface area contributed by atoms with Crippen LogP contribution in [0.25, 0.3) is 11.1 Å². The number of nitrogens with one attached hydrogen (secondary N) is 1. The second kappa shape index (κ2) is 4.70. The van der Waals surface area contributed by atoms with Gasteiger partial charge in [0, 0.05) is 5.56 Å². The van der Waals surface area contributed by atoms with Gasteiger partial charge in [-0.15, -0.1) is 12.4 Å². The molecule has 1 aromatic carbocycles. The number of nitrogen functional groups attached to an aromatic ring is 1. The Bertz CT molecular complexity index is 442. The highest BCUT2D eigenvalue weighted by molar-refractivity contribution is 5.85. The fraction of sp³-hybridized carbons (Fsp3) is 0.100. The molecule has 0 aliphatic carbocycles. The summed E-state index contributed by atoms with van der Waals surface area (Å²) in [6.07, 6.45) is 1.70. The summed E-state index contributed by atoms with van der Waals surface area (Å²) in [5.41, 5.74) is 7.59. The molecule has 2 rings (SSSR count). The van der Waals surface area contributed by atoms with E-state index >= 15 is 0 Å². The van der Waals surface area contributed by atoms with Gasteiger partial charge in [0.25, 0.3) is 0 Å². The molecule has 0 saturated carbocycles. The Kier molecular flexibility index (Phi) is 3.57. The van der Waals surface area contributed by atoms with Crippen LogP contribution in [0.1, 0.15) is 0 Å². The minimum absolute atomic E-state index is 0. The molecule has 2 aromatic rings. The molecule has 4 nitrogen and oxygen atoms in total. The lowest BCUT2D eigenvalue weighted by molar-refractivity contribution is 0.415. The van der Waals surface area contributed by atoms with Crippen molar-refractivity contribution in [3.8, 4) is 16.9 Å². The Morgan fingerprint density at radius 2 is 2.20 bits per heavy atom. The first-order valence-corrected chi connectivity index (χ1v) is 4.24. The van der Waals surface area contributed by atoms with Crippen LogP contribution >= 0.6 is 12.4 Å². The van der Waals surface area contributed by atoms with Crippen LogP contribution in [0.2, 0.25) is 0 Å². The smallest absolute Gasteiger partial charge is 0.126 e. The van der Waals surface area contributed by atoms with Crippen LogP contribution in [0.5, 0.6) is 5.75 Å². The first kappa shape index (κ1) is 11.4. The van der Waals surface area contributed by atoms with Crippen molar-refractivity contribution >= 4 is 18.2 Å². The summed E-state index contributed by atoms with van der Waals surface area (Å²) in [6, 6.07) is 7.69. The molecule has 0 fully saturated rings. The van der Waals surface area contributed by atoms with Gasteiger partial charge in [0.05, 0.1) is 13.3 Å². The molecule has 0 unspecified atom stereocenters. The zero-order chi connectivity index (χ0) is 9.97. The van der Waals surface area contributed by atoms with Gasteiger partial charge < -0.3 is 10.5 Å². The van der Waals surface area contributed by atoms with E-state index in [0.29, 0.717) is 5.82 Å². The van der Waals surface area contributed by atoms with Gasteiger partial charge in [0.2, 0.25) is 0 Å². The number of aromatic nitrogens is 2. The first-order chi connectivity index (χ1) is 6.81. The summed E-state index contributed by atoms with van der Waals surface area (Å²) < 4.78 is 5.12. The average Bonchev–Trinajstić information content (AvgIpc) is 2.65. The third-order valence-electron chi connectivity index (χ3n) is 2.05. The Balaban J connectivity index is 0.00000112. The van der Waals surface area contributed by atoms with E-state index in [1.807, 2.05) is 24.3 Å². The number of hydrogen-bond acceptors (Lipinski definition) is 3. The Labute approximate surface area is 93.9 Å². The zero-order valence-corrected chi connectivity index (χ0v) is 9.04. The van der Waals surface area contributed by atoms with Crippen LogP contribution in [0.15, 0.2) is 30.5 Å². The minimum Gasteiger partial charge on any atom is -0.497 e. The number of benzene rings is 1. The first-order valence-electron chi connectivity index (χ1n) is 4.24. The van der Waals surface area contributed by atoms with Gasteiger partial charge >= 0.3 is 0 Å². The normalized spacial score (nSPS) is 9.40. The van der Waals surface area contributed by atoms with Crippen LogP contribution < -0.4 is 10.5 Å². The molecule has 15 heavy (non-hydrogen) atoms. The lowest BCUT2D eigenvalue weighted by atomic mass is 10.1. The van der Waals surface area contributed by atoms with Crippen LogP contribution in [0.3, 0.4) is 0 Å². The van der Waals surface area contributed by atoms with E-state index in [-0.39, 0.29) is 12.4 Å². The molecule has 0 atom stereocenters. The molecular weight excluding hydrogens is 214 g/mol. The highest BCUT2D eigenvalue weighted by Gasteiger charge is 2.04. The van der Waals surface area contributed by atoms with Crippen molar-refractivity contribution in [3.63, 3.8) is 0 Å². The standard InChI is InChI=1S/C10H11N3O.ClH/c1-14-8-4-2-3-7(5-8)9-6-12-13-10(9)11;/h2-6H,1H3,(H3,11,12,13);1H. The van der Waals surface area contributed by atoms with Crippen molar-refractivity contribution in [1.82, 2.24) is 10.2 Å². The predicted octanol–water partition coefficient (Wildman–Crippen LogP) is 2.09. The van der Waals surface area contributed by atoms with Gasteiger partial charge in [0.15, 0.2) is 0 Å². The highest BCUT2D eigenvalue weighted by atomic mass is 35.5. The van der Waals surface area contributed by atoms with Gasteiger partial charge in [-0.2, -0.15) is 5.10 Å². The fourth-order valence-electron chi connectivity index (χ4n) is 1.32. The molecule has 0 radical (unpaired) electrons. The number of aromatic amines is 1. The summed E-state index contributed by atoms with van der Waals surface area (Å²) >= 11 is 0. The Hall–Kier alpha value is -1.68. The lowest BCUT2D eigenvalue weighted by Gasteiger charge is -2.02. The molecule has 0 aliphatic rings. The topological polar surface area (TPSA) is 63.9 Å². The third-order valence-corrected chi connectivity index (χ3v) is 2.05. The maximum atomic E-state index is 5.71. The second-order valence-electron chi connectivity index (χ2n) is 2.93. The minimum atomic E-state index is 0. The summed E-state index contributed by atoms with van der Waals surface area (Å²) in [7, 11) is 1.64. The molecule has 0 bridgehead atoms. The van der Waals surface area contributed by atoms with Crippen molar-refractivity contribution in [2.24, 2.45) is 0 Å². The van der Waals surface area contributed by atoms with E-state index in [9.17, 15) is 0 Å². The number of nitrogens with zero attached hydrogens (tertiary/aromatic N) is 1. The quantitative estimate of drug-likeness (QED) is 0.823. The molecule has 5 heteroatoms. The van der Waals surface area contributed by atoms with Crippen LogP contribution in [0.4, 0.5) is 5.82 Å². The molecule has 1 aromatic heterocycles. The number of H-pyrrole nitrogens is 1. The monoisotopic (exact) mass is 225 g/mol. The van der Waals surface area contributed by atoms with Crippen LogP contribution in [-0.4, -0.2) is 17.3 Å². The highest BCUT2D eigenvalue weighted by Crippen LogP contribution is 2.26. The van der Waals surface area contributed by atoms with E-state index in [1.165, 1.54) is 0 Å². The van der Waals surface area contributed by atoms with Crippen molar-refractivity contribution < 1.29 is 4.74 Å². The summed E-state index contributed by atoms with van der Waals surface area (Å²) in [5.74, 6) is 1.38. The van der Waals surface area contributed by atoms with E-state index in [4.69, 9.17) is 10.5 Å². The molecule has 0 aliphatic heterocycles. The van der Waals surface area contributed by atoms with E-state index in [1.54, 1.807) is 13.3 Å². The fourth-order valence-corrected chi connectivity index (χ4v) is 1.32. The number of nitrogens with two attached hydrogens (primary N) is 1. The maximum absolute atomic E-state index is 5.71. The number of ether oxygens (including phenoxy) is 1. The lowest BCUT2D eigenvalue weighted by Crippen LogP contribution is -1.88. The Morgan fingerprint density at radius 3 is 2.80 bits per heavy atom. The maximum Gasteiger partial charge on any atom is 0.126 e. The van der Waals surface area contributed by atoms with Gasteiger partial charge in [-0.3, -0.25) is 5.10 Å². The predicted molar refractivity (Wildman–Crippen MR) is 62.2 cm³/mol. The summed E-state index contributed by atoms with van der Waals surface area (Å²) in [4.78, 5) is 0. The zero-order valence-electron chi connectivity index (χ0n) is 8.23. The second-order valence-corrected chi connectivity index (χ2v) is 2.93. The molecule has 0 saturated heterocycles. The number of anilines is 1. The van der Waals surface area contributed by atoms with E-state index in [2.05, 4.69) is 10.2 Å². The number of hydrogen-bond donors (Lipinski definition) is 2. The molecule has 3 N–H and O–H groups in total. The average molecular weight is 226 g/mol. The summed E-state index contributed by atoms with van der Waals surface area (Å²) in [5, 5.41) is 6.55. The number of methoxy groups -OCH3 is 1. The van der Waals surface area contributed by atoms with Gasteiger partial charge in [-0.25, -0.2) is 0 Å². The third kappa shape index (κ3) is 2.22. The Morgan fingerprint density at radius 1 is 1.40 bits per heavy atom. The van der Waals surface area contributed by atoms with E-state index < -0.39 is 0 Å². The number of halogens is 1. The van der Waals surface area contributed by atoms with Crippen molar-refractivity contribution in [3.05, 3.63) is 30.5 Å². The molecule has 80 valence electrons. The molecule has 1 heterocycles.